The lowest BCUT2D eigenvalue weighted by atomic mass is 10.1. The zero-order chi connectivity index (χ0) is 14.5. The van der Waals surface area contributed by atoms with Crippen LogP contribution in [-0.4, -0.2) is 25.1 Å². The molecule has 6 nitrogen and oxygen atoms in total. The number of hydrogen-bond acceptors (Lipinski definition) is 5. The standard InChI is InChI=1S/C15H16N6/c1-11-18-6-4-14(20-11)10-17-8-13-9-19-21-15(13)12-3-2-5-16-7-12/h2-7,9,17H,8,10H2,1H3,(H,19,21). The van der Waals surface area contributed by atoms with Gasteiger partial charge in [-0.25, -0.2) is 9.97 Å². The maximum Gasteiger partial charge on any atom is 0.125 e. The number of aryl methyl sites for hydroxylation is 1. The minimum Gasteiger partial charge on any atom is -0.307 e. The van der Waals surface area contributed by atoms with Crippen LogP contribution in [0.2, 0.25) is 0 Å². The van der Waals surface area contributed by atoms with E-state index >= 15 is 0 Å². The first-order chi connectivity index (χ1) is 10.3. The van der Waals surface area contributed by atoms with Gasteiger partial charge in [0.2, 0.25) is 0 Å². The molecular formula is C15H16N6. The van der Waals surface area contributed by atoms with Gasteiger partial charge in [-0.2, -0.15) is 5.10 Å². The van der Waals surface area contributed by atoms with Crippen molar-refractivity contribution in [3.63, 3.8) is 0 Å². The van der Waals surface area contributed by atoms with Crippen molar-refractivity contribution in [3.05, 3.63) is 60.1 Å². The summed E-state index contributed by atoms with van der Waals surface area (Å²) >= 11 is 0. The van der Waals surface area contributed by atoms with Crippen molar-refractivity contribution < 1.29 is 0 Å². The molecule has 21 heavy (non-hydrogen) atoms. The van der Waals surface area contributed by atoms with Crippen molar-refractivity contribution in [2.24, 2.45) is 0 Å². The number of aromatic amines is 1. The molecular weight excluding hydrogens is 264 g/mol. The normalized spacial score (nSPS) is 10.7. The van der Waals surface area contributed by atoms with E-state index < -0.39 is 0 Å². The number of pyridine rings is 1. The van der Waals surface area contributed by atoms with Gasteiger partial charge in [-0.1, -0.05) is 0 Å². The third-order valence-electron chi connectivity index (χ3n) is 3.12. The largest absolute Gasteiger partial charge is 0.307 e. The Morgan fingerprint density at radius 3 is 2.90 bits per heavy atom. The molecule has 0 aromatic carbocycles. The summed E-state index contributed by atoms with van der Waals surface area (Å²) in [4.78, 5) is 12.6. The van der Waals surface area contributed by atoms with Crippen molar-refractivity contribution in [2.75, 3.05) is 0 Å². The van der Waals surface area contributed by atoms with Crippen molar-refractivity contribution in [3.8, 4) is 11.3 Å². The third kappa shape index (κ3) is 3.29. The number of aromatic nitrogens is 5. The molecule has 0 saturated carbocycles. The minimum atomic E-state index is 0.695. The molecule has 0 fully saturated rings. The third-order valence-corrected chi connectivity index (χ3v) is 3.12. The molecule has 6 heteroatoms. The molecule has 3 aromatic rings. The van der Waals surface area contributed by atoms with Crippen molar-refractivity contribution in [1.29, 1.82) is 0 Å². The van der Waals surface area contributed by atoms with Gasteiger partial charge in [0.05, 0.1) is 17.6 Å². The summed E-state index contributed by atoms with van der Waals surface area (Å²) in [6, 6.07) is 5.84. The molecule has 2 N–H and O–H groups in total. The fourth-order valence-electron chi connectivity index (χ4n) is 2.13. The Kier molecular flexibility index (Phi) is 3.97. The molecule has 106 valence electrons. The van der Waals surface area contributed by atoms with Gasteiger partial charge in [0.25, 0.3) is 0 Å². The molecule has 0 saturated heterocycles. The Morgan fingerprint density at radius 2 is 2.10 bits per heavy atom. The van der Waals surface area contributed by atoms with Crippen LogP contribution in [0.3, 0.4) is 0 Å². The van der Waals surface area contributed by atoms with E-state index in [-0.39, 0.29) is 0 Å². The minimum absolute atomic E-state index is 0.695. The van der Waals surface area contributed by atoms with Crippen LogP contribution in [0.25, 0.3) is 11.3 Å². The van der Waals surface area contributed by atoms with E-state index in [9.17, 15) is 0 Å². The Hall–Kier alpha value is -2.60. The van der Waals surface area contributed by atoms with Crippen molar-refractivity contribution in [1.82, 2.24) is 30.5 Å². The van der Waals surface area contributed by atoms with Gasteiger partial charge in [-0.15, -0.1) is 0 Å². The number of rotatable bonds is 5. The van der Waals surface area contributed by atoms with E-state index in [1.807, 2.05) is 37.5 Å². The molecule has 0 aliphatic rings. The van der Waals surface area contributed by atoms with Gasteiger partial charge in [0.1, 0.15) is 5.82 Å². The van der Waals surface area contributed by atoms with Gasteiger partial charge >= 0.3 is 0 Å². The molecule has 0 unspecified atom stereocenters. The molecule has 0 spiro atoms. The lowest BCUT2D eigenvalue weighted by Crippen LogP contribution is -2.14. The zero-order valence-electron chi connectivity index (χ0n) is 11.7. The van der Waals surface area contributed by atoms with Crippen LogP contribution in [0, 0.1) is 6.92 Å². The Balaban J connectivity index is 1.66. The first kappa shape index (κ1) is 13.4. The second kappa shape index (κ2) is 6.23. The molecule has 0 radical (unpaired) electrons. The monoisotopic (exact) mass is 280 g/mol. The summed E-state index contributed by atoms with van der Waals surface area (Å²) in [5.41, 5.74) is 4.11. The molecule has 0 aliphatic carbocycles. The lowest BCUT2D eigenvalue weighted by molar-refractivity contribution is 0.676. The second-order valence-corrected chi connectivity index (χ2v) is 4.71. The first-order valence-electron chi connectivity index (χ1n) is 6.75. The topological polar surface area (TPSA) is 79.4 Å². The van der Waals surface area contributed by atoms with Gasteiger partial charge < -0.3 is 5.32 Å². The summed E-state index contributed by atoms with van der Waals surface area (Å²) in [5, 5.41) is 10.5. The Morgan fingerprint density at radius 1 is 1.14 bits per heavy atom. The van der Waals surface area contributed by atoms with E-state index in [1.165, 1.54) is 0 Å². The molecule has 0 amide bonds. The van der Waals surface area contributed by atoms with Crippen LogP contribution >= 0.6 is 0 Å². The van der Waals surface area contributed by atoms with Gasteiger partial charge in [0.15, 0.2) is 0 Å². The zero-order valence-corrected chi connectivity index (χ0v) is 11.7. The average Bonchev–Trinajstić information content (AvgIpc) is 2.97. The summed E-state index contributed by atoms with van der Waals surface area (Å²) < 4.78 is 0. The summed E-state index contributed by atoms with van der Waals surface area (Å²) in [6.45, 7) is 3.30. The van der Waals surface area contributed by atoms with E-state index in [2.05, 4.69) is 30.5 Å². The van der Waals surface area contributed by atoms with Gasteiger partial charge in [0, 0.05) is 42.8 Å². The smallest absolute Gasteiger partial charge is 0.125 e. The summed E-state index contributed by atoms with van der Waals surface area (Å²) in [7, 11) is 0. The maximum atomic E-state index is 4.37. The molecule has 3 heterocycles. The quantitative estimate of drug-likeness (QED) is 0.745. The van der Waals surface area contributed by atoms with E-state index in [0.29, 0.717) is 13.1 Å². The van der Waals surface area contributed by atoms with Crippen LogP contribution in [-0.2, 0) is 13.1 Å². The predicted octanol–water partition coefficient (Wildman–Crippen LogP) is 1.86. The van der Waals surface area contributed by atoms with Gasteiger partial charge in [-0.3, -0.25) is 10.1 Å². The van der Waals surface area contributed by atoms with E-state index in [1.54, 1.807) is 12.4 Å². The highest BCUT2D eigenvalue weighted by atomic mass is 15.1. The lowest BCUT2D eigenvalue weighted by Gasteiger charge is -2.05. The Labute approximate surface area is 122 Å². The van der Waals surface area contributed by atoms with E-state index in [0.717, 1.165) is 28.3 Å². The van der Waals surface area contributed by atoms with Gasteiger partial charge in [-0.05, 0) is 25.1 Å². The van der Waals surface area contributed by atoms with Crippen LogP contribution in [0.5, 0.6) is 0 Å². The number of hydrogen-bond donors (Lipinski definition) is 2. The maximum absolute atomic E-state index is 4.37. The SMILES string of the molecule is Cc1nccc(CNCc2cn[nH]c2-c2cccnc2)n1. The fourth-order valence-corrected chi connectivity index (χ4v) is 2.13. The van der Waals surface area contributed by atoms with Crippen molar-refractivity contribution >= 4 is 0 Å². The fraction of sp³-hybridized carbons (Fsp3) is 0.200. The molecule has 3 aromatic heterocycles. The first-order valence-corrected chi connectivity index (χ1v) is 6.75. The average molecular weight is 280 g/mol. The molecule has 0 bridgehead atoms. The highest BCUT2D eigenvalue weighted by molar-refractivity contribution is 5.61. The number of nitrogens with one attached hydrogen (secondary N) is 2. The van der Waals surface area contributed by atoms with Crippen LogP contribution < -0.4 is 5.32 Å². The van der Waals surface area contributed by atoms with Crippen LogP contribution in [0.15, 0.2) is 43.0 Å². The second-order valence-electron chi connectivity index (χ2n) is 4.71. The number of nitrogens with zero attached hydrogens (tertiary/aromatic N) is 4. The van der Waals surface area contributed by atoms with E-state index in [4.69, 9.17) is 0 Å². The predicted molar refractivity (Wildman–Crippen MR) is 79.1 cm³/mol. The highest BCUT2D eigenvalue weighted by Crippen LogP contribution is 2.19. The van der Waals surface area contributed by atoms with Crippen LogP contribution in [0.4, 0.5) is 0 Å². The molecule has 0 atom stereocenters. The summed E-state index contributed by atoms with van der Waals surface area (Å²) in [6.07, 6.45) is 7.19. The highest BCUT2D eigenvalue weighted by Gasteiger charge is 2.07. The molecule has 3 rings (SSSR count). The van der Waals surface area contributed by atoms with Crippen molar-refractivity contribution in [2.45, 2.75) is 20.0 Å². The van der Waals surface area contributed by atoms with Crippen LogP contribution in [0.1, 0.15) is 17.1 Å². The summed E-state index contributed by atoms with van der Waals surface area (Å²) in [5.74, 6) is 0.786. The molecule has 0 aliphatic heterocycles. The Bertz CT molecular complexity index is 707. The number of H-pyrrole nitrogens is 1.